The smallest absolute Gasteiger partial charge is 0.308 e. The van der Waals surface area contributed by atoms with Gasteiger partial charge in [-0.05, 0) is 90.0 Å². The van der Waals surface area contributed by atoms with Gasteiger partial charge < -0.3 is 15.2 Å². The number of hydrogen-bond donors (Lipinski definition) is 2. The number of thioether (sulfide) groups is 1. The number of alkyl halides is 3. The molecule has 44 heavy (non-hydrogen) atoms. The largest absolute Gasteiger partial charge is 0.481 e. The monoisotopic (exact) mass is 656 g/mol. The van der Waals surface area contributed by atoms with Gasteiger partial charge >= 0.3 is 5.97 Å². The van der Waals surface area contributed by atoms with Crippen LogP contribution in [0.4, 0.5) is 8.78 Å². The van der Waals surface area contributed by atoms with Gasteiger partial charge in [0.1, 0.15) is 5.82 Å². The molecule has 2 aliphatic carbocycles. The van der Waals surface area contributed by atoms with Gasteiger partial charge in [0.05, 0.1) is 30.9 Å². The lowest BCUT2D eigenvalue weighted by Gasteiger charge is -2.47. The average Bonchev–Trinajstić information content (AvgIpc) is 3.43. The highest BCUT2D eigenvalue weighted by atomic mass is 35.5. The van der Waals surface area contributed by atoms with Crippen molar-refractivity contribution in [2.75, 3.05) is 25.4 Å². The third kappa shape index (κ3) is 6.73. The fraction of sp³-hybridized carbons (Fsp3) is 0.844. The zero-order valence-electron chi connectivity index (χ0n) is 25.8. The third-order valence-corrected chi connectivity index (χ3v) is 13.1. The molecule has 5 aliphatic rings. The van der Waals surface area contributed by atoms with Crippen molar-refractivity contribution in [2.24, 2.45) is 23.7 Å². The lowest BCUT2D eigenvalue weighted by Crippen LogP contribution is -2.57. The molecule has 0 spiro atoms. The summed E-state index contributed by atoms with van der Waals surface area (Å²) >= 11 is 8.50. The molecule has 0 radical (unpaired) electrons. The van der Waals surface area contributed by atoms with Gasteiger partial charge in [0.15, 0.2) is 0 Å². The molecule has 4 fully saturated rings. The molecule has 8 nitrogen and oxygen atoms in total. The van der Waals surface area contributed by atoms with Gasteiger partial charge in [-0.1, -0.05) is 0 Å². The van der Waals surface area contributed by atoms with Gasteiger partial charge in [0, 0.05) is 52.5 Å². The first kappa shape index (κ1) is 32.7. The zero-order valence-corrected chi connectivity index (χ0v) is 27.4. The number of halogens is 3. The van der Waals surface area contributed by atoms with Crippen LogP contribution in [0.3, 0.4) is 0 Å². The SMILES string of the molecule is Cc1nc2c(c(=O)n1CCOC1CCC(Cl)CC1C1CC(C)NC3C(C(=O)O)CSC13)C[C@@H](N1CCC[C@@H](C(F)F)C1)CC2. The molecule has 1 saturated carbocycles. The maximum atomic E-state index is 13.8. The van der Waals surface area contributed by atoms with Gasteiger partial charge in [-0.3, -0.25) is 19.1 Å². The van der Waals surface area contributed by atoms with Crippen molar-refractivity contribution in [3.8, 4) is 0 Å². The van der Waals surface area contributed by atoms with Crippen molar-refractivity contribution in [3.63, 3.8) is 0 Å². The van der Waals surface area contributed by atoms with E-state index in [2.05, 4.69) is 17.1 Å². The molecule has 246 valence electrons. The summed E-state index contributed by atoms with van der Waals surface area (Å²) in [7, 11) is 0. The Morgan fingerprint density at radius 3 is 2.82 bits per heavy atom. The number of fused-ring (bicyclic) bond motifs is 2. The van der Waals surface area contributed by atoms with E-state index in [9.17, 15) is 23.5 Å². The topological polar surface area (TPSA) is 96.7 Å². The summed E-state index contributed by atoms with van der Waals surface area (Å²) in [5.41, 5.74) is 1.56. The number of aryl methyl sites for hydroxylation is 2. The molecule has 10 atom stereocenters. The highest BCUT2D eigenvalue weighted by Crippen LogP contribution is 2.48. The van der Waals surface area contributed by atoms with Gasteiger partial charge in [0.2, 0.25) is 6.43 Å². The summed E-state index contributed by atoms with van der Waals surface area (Å²) in [6.07, 6.45) is 4.72. The van der Waals surface area contributed by atoms with Crippen LogP contribution < -0.4 is 10.9 Å². The molecule has 0 aromatic carbocycles. The first-order valence-electron chi connectivity index (χ1n) is 16.6. The minimum atomic E-state index is -2.30. The number of nitrogens with zero attached hydrogens (tertiary/aromatic N) is 3. The number of rotatable bonds is 8. The van der Waals surface area contributed by atoms with E-state index in [1.165, 1.54) is 0 Å². The first-order chi connectivity index (χ1) is 21.1. The van der Waals surface area contributed by atoms with Crippen LogP contribution in [0, 0.1) is 30.6 Å². The molecule has 3 aliphatic heterocycles. The summed E-state index contributed by atoms with van der Waals surface area (Å²) in [5.74, 6) is 0.186. The number of piperidine rings is 2. The van der Waals surface area contributed by atoms with E-state index < -0.39 is 18.3 Å². The number of carbonyl (C=O) groups is 1. The Morgan fingerprint density at radius 1 is 1.23 bits per heavy atom. The minimum Gasteiger partial charge on any atom is -0.481 e. The van der Waals surface area contributed by atoms with Crippen LogP contribution in [0.5, 0.6) is 0 Å². The molecular weight excluding hydrogens is 610 g/mol. The minimum absolute atomic E-state index is 0.0123. The number of nitrogens with one attached hydrogen (secondary N) is 1. The van der Waals surface area contributed by atoms with E-state index in [-0.39, 0.29) is 52.3 Å². The van der Waals surface area contributed by atoms with Crippen molar-refractivity contribution in [3.05, 3.63) is 27.4 Å². The van der Waals surface area contributed by atoms with E-state index in [4.69, 9.17) is 21.3 Å². The van der Waals surface area contributed by atoms with Crippen molar-refractivity contribution < 1.29 is 23.4 Å². The quantitative estimate of drug-likeness (QED) is 0.399. The Bertz CT molecular complexity index is 1260. The highest BCUT2D eigenvalue weighted by molar-refractivity contribution is 8.00. The van der Waals surface area contributed by atoms with Crippen LogP contribution in [0.15, 0.2) is 4.79 Å². The summed E-state index contributed by atoms with van der Waals surface area (Å²) in [4.78, 5) is 32.7. The molecule has 12 heteroatoms. The molecule has 0 bridgehead atoms. The van der Waals surface area contributed by atoms with E-state index in [0.29, 0.717) is 56.5 Å². The van der Waals surface area contributed by atoms with Crippen molar-refractivity contribution in [1.29, 1.82) is 0 Å². The molecule has 8 unspecified atom stereocenters. The standard InChI is InChI=1S/C32H47ClF2N4O4S/c1-17-12-23(29-28(36-17)25(16-44-29)32(41)42)22-13-20(33)5-8-27(22)43-11-10-39-18(2)37-26-7-6-21(14-24(26)31(39)40)38-9-3-4-19(15-38)30(34)35/h17,19-23,25,27-30,36H,3-16H2,1-2H3,(H,41,42)/t17?,19-,20?,21+,22?,23?,25?,27?,28?,29?/m1/s1. The second-order valence-corrected chi connectivity index (χ2v) is 15.7. The van der Waals surface area contributed by atoms with Crippen molar-refractivity contribution in [2.45, 2.75) is 119 Å². The summed E-state index contributed by atoms with van der Waals surface area (Å²) in [5, 5.41) is 13.7. The van der Waals surface area contributed by atoms with Crippen LogP contribution >= 0.6 is 23.4 Å². The van der Waals surface area contributed by atoms with E-state index in [0.717, 1.165) is 56.3 Å². The highest BCUT2D eigenvalue weighted by Gasteiger charge is 2.51. The fourth-order valence-electron chi connectivity index (χ4n) is 8.87. The van der Waals surface area contributed by atoms with E-state index in [1.54, 1.807) is 16.3 Å². The first-order valence-corrected chi connectivity index (χ1v) is 18.1. The molecule has 6 rings (SSSR count). The predicted molar refractivity (Wildman–Crippen MR) is 168 cm³/mol. The average molecular weight is 657 g/mol. The van der Waals surface area contributed by atoms with Gasteiger partial charge in [-0.25, -0.2) is 13.8 Å². The second-order valence-electron chi connectivity index (χ2n) is 13.9. The lowest BCUT2D eigenvalue weighted by molar-refractivity contribution is -0.142. The number of carboxylic acid groups (broad SMARTS) is 1. The van der Waals surface area contributed by atoms with Crippen molar-refractivity contribution >= 4 is 29.3 Å². The third-order valence-electron chi connectivity index (χ3n) is 11.1. The Balaban J connectivity index is 1.13. The van der Waals surface area contributed by atoms with Crippen LogP contribution in [-0.4, -0.2) is 92.3 Å². The molecule has 2 N–H and O–H groups in total. The zero-order chi connectivity index (χ0) is 31.1. The second kappa shape index (κ2) is 13.8. The van der Waals surface area contributed by atoms with E-state index in [1.807, 2.05) is 6.92 Å². The van der Waals surface area contributed by atoms with Crippen LogP contribution in [-0.2, 0) is 28.9 Å². The number of ether oxygens (including phenoxy) is 1. The summed E-state index contributed by atoms with van der Waals surface area (Å²) in [6.45, 7) is 6.03. The van der Waals surface area contributed by atoms with Crippen LogP contribution in [0.25, 0.3) is 0 Å². The van der Waals surface area contributed by atoms with Crippen LogP contribution in [0.2, 0.25) is 0 Å². The number of aliphatic carboxylic acids is 1. The molecule has 4 heterocycles. The summed E-state index contributed by atoms with van der Waals surface area (Å²) in [6, 6.07) is 0.291. The maximum Gasteiger partial charge on any atom is 0.308 e. The Morgan fingerprint density at radius 2 is 2.05 bits per heavy atom. The lowest BCUT2D eigenvalue weighted by atomic mass is 9.70. The molecule has 1 aromatic rings. The normalized spacial score (nSPS) is 38.0. The Labute approximate surface area is 268 Å². The fourth-order valence-corrected chi connectivity index (χ4v) is 11.0. The Hall–Kier alpha value is -1.27. The maximum absolute atomic E-state index is 13.8. The molecular formula is C32H47ClF2N4O4S. The number of hydrogen-bond acceptors (Lipinski definition) is 7. The number of aromatic nitrogens is 2. The van der Waals surface area contributed by atoms with Gasteiger partial charge in [0.25, 0.3) is 5.56 Å². The molecule has 0 amide bonds. The van der Waals surface area contributed by atoms with Gasteiger partial charge in [-0.15, -0.1) is 11.6 Å². The van der Waals surface area contributed by atoms with Gasteiger partial charge in [-0.2, -0.15) is 11.8 Å². The molecule has 1 aromatic heterocycles. The van der Waals surface area contributed by atoms with E-state index >= 15 is 0 Å². The van der Waals surface area contributed by atoms with Crippen molar-refractivity contribution in [1.82, 2.24) is 19.8 Å². The van der Waals surface area contributed by atoms with Crippen LogP contribution in [0.1, 0.15) is 69.0 Å². The molecule has 3 saturated heterocycles. The summed E-state index contributed by atoms with van der Waals surface area (Å²) < 4.78 is 35.2. The number of likely N-dealkylation sites (tertiary alicyclic amines) is 1. The Kier molecular flexibility index (Phi) is 10.3. The predicted octanol–water partition coefficient (Wildman–Crippen LogP) is 4.36. The number of carboxylic acids is 1.